The molecule has 0 saturated carbocycles. The topological polar surface area (TPSA) is 60.0 Å². The largest absolute Gasteiger partial charge is 0.496 e. The van der Waals surface area contributed by atoms with Crippen molar-refractivity contribution in [3.05, 3.63) is 100 Å². The molecule has 206 valence electrons. The van der Waals surface area contributed by atoms with Crippen molar-refractivity contribution in [2.24, 2.45) is 0 Å². The van der Waals surface area contributed by atoms with Gasteiger partial charge in [-0.15, -0.1) is 0 Å². The smallest absolute Gasteiger partial charge is 0.251 e. The van der Waals surface area contributed by atoms with Crippen molar-refractivity contribution in [3.63, 3.8) is 0 Å². The van der Waals surface area contributed by atoms with E-state index in [2.05, 4.69) is 5.32 Å². The van der Waals surface area contributed by atoms with E-state index in [0.29, 0.717) is 32.9 Å². The molecule has 0 aliphatic carbocycles. The van der Waals surface area contributed by atoms with Crippen LogP contribution in [-0.2, 0) is 22.6 Å². The maximum Gasteiger partial charge on any atom is 0.251 e. The van der Waals surface area contributed by atoms with Gasteiger partial charge in [-0.3, -0.25) is 4.79 Å². The van der Waals surface area contributed by atoms with Gasteiger partial charge in [-0.2, -0.15) is 0 Å². The van der Waals surface area contributed by atoms with Crippen LogP contribution in [0.15, 0.2) is 78.4 Å². The lowest BCUT2D eigenvalue weighted by Crippen LogP contribution is -2.36. The molecule has 0 unspecified atom stereocenters. The van der Waals surface area contributed by atoms with E-state index >= 15 is 0 Å². The Kier molecular flexibility index (Phi) is 10.8. The monoisotopic (exact) mass is 548 g/mol. The van der Waals surface area contributed by atoms with Gasteiger partial charge in [0, 0.05) is 42.7 Å². The second-order valence-electron chi connectivity index (χ2n) is 9.54. The summed E-state index contributed by atoms with van der Waals surface area (Å²) in [7, 11) is 3.52. The highest BCUT2D eigenvalue weighted by Crippen LogP contribution is 2.28. The maximum absolute atomic E-state index is 13.4. The zero-order chi connectivity index (χ0) is 27.5. The number of ether oxygens (including phenoxy) is 3. The molecular weight excluding hydrogens is 512 g/mol. The van der Waals surface area contributed by atoms with Crippen LogP contribution in [0.5, 0.6) is 11.5 Å². The fraction of sp³-hybridized carbons (Fsp3) is 0.344. The quantitative estimate of drug-likeness (QED) is 0.274. The number of nitrogens with zero attached hydrogens (tertiary/aromatic N) is 1. The molecule has 0 fully saturated rings. The molecule has 3 aromatic rings. The first-order valence-electron chi connectivity index (χ1n) is 13.4. The second-order valence-corrected chi connectivity index (χ2v) is 9.95. The van der Waals surface area contributed by atoms with Gasteiger partial charge < -0.3 is 24.4 Å². The molecule has 1 aliphatic rings. The van der Waals surface area contributed by atoms with Crippen LogP contribution >= 0.6 is 11.6 Å². The molecule has 0 aromatic heterocycles. The zero-order valence-corrected chi connectivity index (χ0v) is 23.5. The standard InChI is InChI=1S/C32H37ClN2O4/c1-35(19-17-25-8-3-5-10-30(25)33)32(36)29-22-34-18-16-28(29)24-12-14-27(15-13-24)39-21-7-20-38-23-26-9-4-6-11-31(26)37-2/h3-6,8-15,34H,7,16-23H2,1-2H3. The van der Waals surface area contributed by atoms with E-state index in [4.69, 9.17) is 25.8 Å². The van der Waals surface area contributed by atoms with Gasteiger partial charge in [0.15, 0.2) is 0 Å². The summed E-state index contributed by atoms with van der Waals surface area (Å²) in [6.07, 6.45) is 2.31. The van der Waals surface area contributed by atoms with Gasteiger partial charge in [-0.05, 0) is 60.4 Å². The summed E-state index contributed by atoms with van der Waals surface area (Å²) in [5.74, 6) is 1.70. The number of hydrogen-bond acceptors (Lipinski definition) is 5. The number of rotatable bonds is 13. The van der Waals surface area contributed by atoms with Gasteiger partial charge in [0.2, 0.25) is 0 Å². The predicted octanol–water partition coefficient (Wildman–Crippen LogP) is 5.78. The first-order valence-corrected chi connectivity index (χ1v) is 13.8. The van der Waals surface area contributed by atoms with Crippen molar-refractivity contribution in [1.29, 1.82) is 0 Å². The molecule has 1 amide bonds. The number of benzene rings is 3. The van der Waals surface area contributed by atoms with Crippen LogP contribution in [0.2, 0.25) is 5.02 Å². The van der Waals surface area contributed by atoms with E-state index in [1.54, 1.807) is 12.0 Å². The Morgan fingerprint density at radius 2 is 1.72 bits per heavy atom. The summed E-state index contributed by atoms with van der Waals surface area (Å²) in [6.45, 7) is 3.71. The van der Waals surface area contributed by atoms with E-state index in [1.165, 1.54) is 0 Å². The SMILES string of the molecule is COc1ccccc1COCCCOc1ccc(C2=C(C(=O)N(C)CCc3ccccc3Cl)CNCC2)cc1. The van der Waals surface area contributed by atoms with Crippen molar-refractivity contribution in [2.75, 3.05) is 47.0 Å². The minimum atomic E-state index is 0.0534. The minimum absolute atomic E-state index is 0.0534. The zero-order valence-electron chi connectivity index (χ0n) is 22.8. The molecule has 3 aromatic carbocycles. The number of para-hydroxylation sites is 1. The Bertz CT molecular complexity index is 1260. The molecule has 6 nitrogen and oxygen atoms in total. The van der Waals surface area contributed by atoms with Gasteiger partial charge in [-0.1, -0.05) is 60.1 Å². The number of halogens is 1. The molecule has 0 radical (unpaired) electrons. The summed E-state index contributed by atoms with van der Waals surface area (Å²) >= 11 is 6.30. The molecule has 39 heavy (non-hydrogen) atoms. The lowest BCUT2D eigenvalue weighted by molar-refractivity contribution is -0.125. The number of carbonyl (C=O) groups excluding carboxylic acids is 1. The fourth-order valence-electron chi connectivity index (χ4n) is 4.64. The highest BCUT2D eigenvalue weighted by molar-refractivity contribution is 6.31. The Labute approximate surface area is 236 Å². The fourth-order valence-corrected chi connectivity index (χ4v) is 4.87. The Balaban J connectivity index is 1.28. The highest BCUT2D eigenvalue weighted by atomic mass is 35.5. The average Bonchev–Trinajstić information content (AvgIpc) is 2.98. The molecule has 0 spiro atoms. The number of amides is 1. The van der Waals surface area contributed by atoms with Crippen molar-refractivity contribution in [1.82, 2.24) is 10.2 Å². The number of nitrogens with one attached hydrogen (secondary N) is 1. The maximum atomic E-state index is 13.4. The van der Waals surface area contributed by atoms with E-state index in [0.717, 1.165) is 70.2 Å². The van der Waals surface area contributed by atoms with Gasteiger partial charge in [0.05, 0.1) is 26.9 Å². The summed E-state index contributed by atoms with van der Waals surface area (Å²) < 4.78 is 17.1. The minimum Gasteiger partial charge on any atom is -0.496 e. The van der Waals surface area contributed by atoms with Crippen molar-refractivity contribution in [3.8, 4) is 11.5 Å². The van der Waals surface area contributed by atoms with E-state index < -0.39 is 0 Å². The van der Waals surface area contributed by atoms with Crippen LogP contribution in [0, 0.1) is 0 Å². The molecular formula is C32H37ClN2O4. The number of carbonyl (C=O) groups is 1. The summed E-state index contributed by atoms with van der Waals surface area (Å²) in [6, 6.07) is 23.7. The highest BCUT2D eigenvalue weighted by Gasteiger charge is 2.23. The first-order chi connectivity index (χ1) is 19.1. The van der Waals surface area contributed by atoms with Gasteiger partial charge in [0.1, 0.15) is 11.5 Å². The van der Waals surface area contributed by atoms with Crippen LogP contribution in [-0.4, -0.2) is 57.8 Å². The van der Waals surface area contributed by atoms with Gasteiger partial charge in [0.25, 0.3) is 5.91 Å². The normalized spacial score (nSPS) is 13.3. The van der Waals surface area contributed by atoms with Crippen molar-refractivity contribution < 1.29 is 19.0 Å². The predicted molar refractivity (Wildman–Crippen MR) is 156 cm³/mol. The number of likely N-dealkylation sites (N-methyl/N-ethyl adjacent to an activating group) is 1. The van der Waals surface area contributed by atoms with Gasteiger partial charge >= 0.3 is 0 Å². The van der Waals surface area contributed by atoms with Crippen LogP contribution in [0.1, 0.15) is 29.5 Å². The summed E-state index contributed by atoms with van der Waals surface area (Å²) in [4.78, 5) is 15.2. The number of methoxy groups -OCH3 is 1. The van der Waals surface area contributed by atoms with Crippen LogP contribution < -0.4 is 14.8 Å². The van der Waals surface area contributed by atoms with Crippen molar-refractivity contribution in [2.45, 2.75) is 25.9 Å². The molecule has 0 atom stereocenters. The Morgan fingerprint density at radius 3 is 2.49 bits per heavy atom. The Morgan fingerprint density at radius 1 is 0.974 bits per heavy atom. The first kappa shape index (κ1) is 28.7. The van der Waals surface area contributed by atoms with Crippen LogP contribution in [0.4, 0.5) is 0 Å². The summed E-state index contributed by atoms with van der Waals surface area (Å²) in [5.41, 5.74) is 5.07. The molecule has 4 rings (SSSR count). The third-order valence-corrected chi connectivity index (χ3v) is 7.22. The lowest BCUT2D eigenvalue weighted by atomic mass is 9.93. The lowest BCUT2D eigenvalue weighted by Gasteiger charge is -2.25. The second kappa shape index (κ2) is 14.7. The molecule has 0 bridgehead atoms. The molecule has 1 N–H and O–H groups in total. The van der Waals surface area contributed by atoms with Crippen LogP contribution in [0.25, 0.3) is 5.57 Å². The number of hydrogen-bond donors (Lipinski definition) is 1. The van der Waals surface area contributed by atoms with Gasteiger partial charge in [-0.25, -0.2) is 0 Å². The third-order valence-electron chi connectivity index (χ3n) is 6.85. The van der Waals surface area contributed by atoms with Crippen molar-refractivity contribution >= 4 is 23.1 Å². The third kappa shape index (κ3) is 8.09. The Hall–Kier alpha value is -3.32. The van der Waals surface area contributed by atoms with Crippen LogP contribution in [0.3, 0.4) is 0 Å². The molecule has 7 heteroatoms. The van der Waals surface area contributed by atoms with E-state index in [1.807, 2.05) is 79.8 Å². The van der Waals surface area contributed by atoms with E-state index in [-0.39, 0.29) is 5.91 Å². The molecule has 1 heterocycles. The summed E-state index contributed by atoms with van der Waals surface area (Å²) in [5, 5.41) is 4.09. The molecule has 1 aliphatic heterocycles. The molecule has 0 saturated heterocycles. The van der Waals surface area contributed by atoms with E-state index in [9.17, 15) is 4.79 Å². The average molecular weight is 549 g/mol.